The molecule has 112 valence electrons. The van der Waals surface area contributed by atoms with Crippen molar-refractivity contribution in [1.29, 1.82) is 0 Å². The van der Waals surface area contributed by atoms with Gasteiger partial charge in [-0.1, -0.05) is 5.21 Å². The zero-order chi connectivity index (χ0) is 15.4. The minimum atomic E-state index is -1.23. The summed E-state index contributed by atoms with van der Waals surface area (Å²) in [7, 11) is 0. The Balaban J connectivity index is 2.29. The van der Waals surface area contributed by atoms with Crippen molar-refractivity contribution in [2.75, 3.05) is 6.54 Å². The minimum Gasteiger partial charge on any atom is -0.330 e. The highest BCUT2D eigenvalue weighted by Crippen LogP contribution is 2.23. The monoisotopic (exact) mass is 297 g/mol. The van der Waals surface area contributed by atoms with Gasteiger partial charge in [-0.05, 0) is 25.8 Å². The molecule has 0 atom stereocenters. The highest BCUT2D eigenvalue weighted by atomic mass is 19.1. The fourth-order valence-electron chi connectivity index (χ4n) is 1.82. The molecule has 0 aliphatic carbocycles. The summed E-state index contributed by atoms with van der Waals surface area (Å²) < 4.78 is 28.1. The molecule has 0 amide bonds. The van der Waals surface area contributed by atoms with Gasteiger partial charge < -0.3 is 5.73 Å². The van der Waals surface area contributed by atoms with Crippen molar-refractivity contribution in [1.82, 2.24) is 15.0 Å². The Morgan fingerprint density at radius 1 is 1.29 bits per heavy atom. The standard InChI is InChI=1S/C12H13F2N5O2/c13-9-5-10(14)12(19(20)21)6-11(9)18-7-8(16-17-18)3-1-2-4-15/h5-7H,1-4,15H2. The summed E-state index contributed by atoms with van der Waals surface area (Å²) in [5, 5.41) is 18.2. The van der Waals surface area contributed by atoms with Gasteiger partial charge in [0.2, 0.25) is 5.82 Å². The number of aryl methyl sites for hydroxylation is 1. The molecule has 0 aliphatic rings. The van der Waals surface area contributed by atoms with Gasteiger partial charge in [0.1, 0.15) is 5.69 Å². The molecule has 1 aromatic carbocycles. The van der Waals surface area contributed by atoms with E-state index in [9.17, 15) is 18.9 Å². The Kier molecular flexibility index (Phi) is 4.53. The minimum absolute atomic E-state index is 0.222. The number of nitrogens with two attached hydrogens (primary N) is 1. The molecule has 21 heavy (non-hydrogen) atoms. The second-order valence-electron chi connectivity index (χ2n) is 4.41. The zero-order valence-corrected chi connectivity index (χ0v) is 11.0. The van der Waals surface area contributed by atoms with Gasteiger partial charge in [-0.25, -0.2) is 9.07 Å². The number of aromatic nitrogens is 3. The molecule has 0 saturated carbocycles. The summed E-state index contributed by atoms with van der Waals surface area (Å²) in [4.78, 5) is 9.76. The van der Waals surface area contributed by atoms with Crippen molar-refractivity contribution in [3.05, 3.63) is 45.8 Å². The summed E-state index contributed by atoms with van der Waals surface area (Å²) in [5.74, 6) is -2.18. The smallest absolute Gasteiger partial charge is 0.307 e. The van der Waals surface area contributed by atoms with Crippen LogP contribution < -0.4 is 5.73 Å². The molecule has 9 heteroatoms. The maximum atomic E-state index is 13.7. The first-order valence-electron chi connectivity index (χ1n) is 6.28. The topological polar surface area (TPSA) is 99.9 Å². The number of hydrogen-bond donors (Lipinski definition) is 1. The molecule has 2 rings (SSSR count). The Hall–Kier alpha value is -2.42. The number of halogens is 2. The third-order valence-corrected chi connectivity index (χ3v) is 2.89. The average Bonchev–Trinajstić information content (AvgIpc) is 2.87. The zero-order valence-electron chi connectivity index (χ0n) is 11.0. The lowest BCUT2D eigenvalue weighted by Gasteiger charge is -2.02. The van der Waals surface area contributed by atoms with E-state index < -0.39 is 22.2 Å². The van der Waals surface area contributed by atoms with Crippen LogP contribution in [0.25, 0.3) is 5.69 Å². The first kappa shape index (κ1) is 15.0. The Morgan fingerprint density at radius 3 is 2.71 bits per heavy atom. The molecule has 1 heterocycles. The van der Waals surface area contributed by atoms with Crippen molar-refractivity contribution in [2.24, 2.45) is 5.73 Å². The summed E-state index contributed by atoms with van der Waals surface area (Å²) in [6.45, 7) is 0.562. The van der Waals surface area contributed by atoms with Crippen molar-refractivity contribution in [2.45, 2.75) is 19.3 Å². The van der Waals surface area contributed by atoms with Crippen LogP contribution in [0.5, 0.6) is 0 Å². The van der Waals surface area contributed by atoms with Gasteiger partial charge in [0.25, 0.3) is 0 Å². The Labute approximate surface area is 118 Å². The van der Waals surface area contributed by atoms with E-state index in [4.69, 9.17) is 5.73 Å². The van der Waals surface area contributed by atoms with E-state index in [1.165, 1.54) is 6.20 Å². The number of nitro benzene ring substituents is 1. The molecule has 0 fully saturated rings. The van der Waals surface area contributed by atoms with Crippen LogP contribution in [0.4, 0.5) is 14.5 Å². The molecule has 2 aromatic rings. The molecule has 1 aromatic heterocycles. The predicted molar refractivity (Wildman–Crippen MR) is 69.9 cm³/mol. The summed E-state index contributed by atoms with van der Waals surface area (Å²) in [6, 6.07) is 1.26. The van der Waals surface area contributed by atoms with Gasteiger partial charge in [-0.2, -0.15) is 4.39 Å². The average molecular weight is 297 g/mol. The number of nitrogens with zero attached hydrogens (tertiary/aromatic N) is 4. The summed E-state index contributed by atoms with van der Waals surface area (Å²) in [5.41, 5.74) is 4.95. The Bertz CT molecular complexity index is 659. The van der Waals surface area contributed by atoms with Crippen LogP contribution in [0, 0.1) is 21.7 Å². The van der Waals surface area contributed by atoms with Crippen molar-refractivity contribution < 1.29 is 13.7 Å². The molecule has 7 nitrogen and oxygen atoms in total. The molecule has 0 aliphatic heterocycles. The van der Waals surface area contributed by atoms with E-state index in [0.717, 1.165) is 23.6 Å². The van der Waals surface area contributed by atoms with Crippen molar-refractivity contribution in [3.63, 3.8) is 0 Å². The third kappa shape index (κ3) is 3.37. The van der Waals surface area contributed by atoms with Gasteiger partial charge in [0.15, 0.2) is 5.82 Å². The van der Waals surface area contributed by atoms with Gasteiger partial charge in [0, 0.05) is 12.1 Å². The second kappa shape index (κ2) is 6.35. The highest BCUT2D eigenvalue weighted by Gasteiger charge is 2.20. The molecule has 0 radical (unpaired) electrons. The van der Waals surface area contributed by atoms with E-state index >= 15 is 0 Å². The summed E-state index contributed by atoms with van der Waals surface area (Å²) in [6.07, 6.45) is 3.70. The number of hydrogen-bond acceptors (Lipinski definition) is 5. The quantitative estimate of drug-likeness (QED) is 0.497. The fourth-order valence-corrected chi connectivity index (χ4v) is 1.82. The van der Waals surface area contributed by atoms with E-state index in [1.807, 2.05) is 0 Å². The molecular formula is C12H13F2N5O2. The fraction of sp³-hybridized carbons (Fsp3) is 0.333. The van der Waals surface area contributed by atoms with Crippen LogP contribution in [-0.4, -0.2) is 26.5 Å². The van der Waals surface area contributed by atoms with E-state index in [0.29, 0.717) is 24.7 Å². The van der Waals surface area contributed by atoms with Gasteiger partial charge >= 0.3 is 5.69 Å². The number of rotatable bonds is 6. The van der Waals surface area contributed by atoms with E-state index in [1.54, 1.807) is 0 Å². The molecular weight excluding hydrogens is 284 g/mol. The van der Waals surface area contributed by atoms with Gasteiger partial charge in [-0.3, -0.25) is 10.1 Å². The van der Waals surface area contributed by atoms with Crippen LogP contribution >= 0.6 is 0 Å². The van der Waals surface area contributed by atoms with Crippen molar-refractivity contribution >= 4 is 5.69 Å². The van der Waals surface area contributed by atoms with E-state index in [2.05, 4.69) is 10.3 Å². The van der Waals surface area contributed by atoms with Crippen LogP contribution in [0.15, 0.2) is 18.3 Å². The first-order chi connectivity index (χ1) is 10.0. The summed E-state index contributed by atoms with van der Waals surface area (Å²) >= 11 is 0. The molecule has 0 saturated heterocycles. The maximum Gasteiger partial charge on any atom is 0.307 e. The molecule has 2 N–H and O–H groups in total. The number of unbranched alkanes of at least 4 members (excludes halogenated alkanes) is 1. The lowest BCUT2D eigenvalue weighted by molar-refractivity contribution is -0.387. The van der Waals surface area contributed by atoms with Gasteiger partial charge in [0.05, 0.1) is 16.8 Å². The third-order valence-electron chi connectivity index (χ3n) is 2.89. The van der Waals surface area contributed by atoms with Crippen molar-refractivity contribution in [3.8, 4) is 5.69 Å². The van der Waals surface area contributed by atoms with Crippen LogP contribution in [0.3, 0.4) is 0 Å². The Morgan fingerprint density at radius 2 is 2.05 bits per heavy atom. The maximum absolute atomic E-state index is 13.7. The molecule has 0 bridgehead atoms. The first-order valence-corrected chi connectivity index (χ1v) is 6.28. The van der Waals surface area contributed by atoms with E-state index in [-0.39, 0.29) is 5.69 Å². The SMILES string of the molecule is NCCCCc1cn(-c2cc([N+](=O)[O-])c(F)cc2F)nn1. The van der Waals surface area contributed by atoms with Crippen LogP contribution in [0.1, 0.15) is 18.5 Å². The predicted octanol–water partition coefficient (Wildman–Crippen LogP) is 1.74. The lowest BCUT2D eigenvalue weighted by Crippen LogP contribution is -2.02. The molecule has 0 spiro atoms. The second-order valence-corrected chi connectivity index (χ2v) is 4.41. The largest absolute Gasteiger partial charge is 0.330 e. The highest BCUT2D eigenvalue weighted by molar-refractivity contribution is 5.45. The van der Waals surface area contributed by atoms with Gasteiger partial charge in [-0.15, -0.1) is 5.10 Å². The number of nitro groups is 1. The van der Waals surface area contributed by atoms with Crippen LogP contribution in [-0.2, 0) is 6.42 Å². The number of benzene rings is 1. The normalized spacial score (nSPS) is 10.8. The molecule has 0 unspecified atom stereocenters. The lowest BCUT2D eigenvalue weighted by atomic mass is 10.2. The van der Waals surface area contributed by atoms with Crippen LogP contribution in [0.2, 0.25) is 0 Å².